The first-order chi connectivity index (χ1) is 10.1. The highest BCUT2D eigenvalue weighted by molar-refractivity contribution is 14.1. The molecule has 2 N–H and O–H groups in total. The quantitative estimate of drug-likeness (QED) is 0.763. The summed E-state index contributed by atoms with van der Waals surface area (Å²) in [5, 5.41) is 12.4. The van der Waals surface area contributed by atoms with Crippen LogP contribution in [0.15, 0.2) is 42.5 Å². The van der Waals surface area contributed by atoms with Crippen molar-refractivity contribution in [2.75, 3.05) is 7.11 Å². The van der Waals surface area contributed by atoms with E-state index >= 15 is 0 Å². The van der Waals surface area contributed by atoms with Crippen LogP contribution in [0.25, 0.3) is 0 Å². The first kappa shape index (κ1) is 15.6. The van der Waals surface area contributed by atoms with Crippen molar-refractivity contribution in [2.24, 2.45) is 0 Å². The summed E-state index contributed by atoms with van der Waals surface area (Å²) in [6, 6.07) is 12.9. The van der Waals surface area contributed by atoms with Gasteiger partial charge in [-0.3, -0.25) is 4.79 Å². The van der Waals surface area contributed by atoms with E-state index in [0.29, 0.717) is 12.3 Å². The third-order valence-electron chi connectivity index (χ3n) is 2.99. The smallest absolute Gasteiger partial charge is 0.224 e. The van der Waals surface area contributed by atoms with E-state index < -0.39 is 0 Å². The molecule has 0 heterocycles. The second-order valence-corrected chi connectivity index (χ2v) is 5.84. The van der Waals surface area contributed by atoms with Crippen molar-refractivity contribution in [3.05, 3.63) is 57.2 Å². The first-order valence-corrected chi connectivity index (χ1v) is 7.53. The Morgan fingerprint density at radius 2 is 2.05 bits per heavy atom. The van der Waals surface area contributed by atoms with Crippen LogP contribution in [-0.4, -0.2) is 18.1 Å². The average Bonchev–Trinajstić information content (AvgIpc) is 2.47. The van der Waals surface area contributed by atoms with Crippen LogP contribution in [0.5, 0.6) is 11.5 Å². The number of methoxy groups -OCH3 is 1. The Morgan fingerprint density at radius 1 is 1.24 bits per heavy atom. The van der Waals surface area contributed by atoms with Crippen LogP contribution in [-0.2, 0) is 17.8 Å². The molecule has 1 amide bonds. The number of phenols is 1. The Kier molecular flexibility index (Phi) is 5.44. The van der Waals surface area contributed by atoms with Crippen molar-refractivity contribution in [1.29, 1.82) is 0 Å². The van der Waals surface area contributed by atoms with Gasteiger partial charge in [0.1, 0.15) is 0 Å². The Morgan fingerprint density at radius 3 is 2.76 bits per heavy atom. The van der Waals surface area contributed by atoms with Crippen LogP contribution in [0.3, 0.4) is 0 Å². The number of rotatable bonds is 5. The number of ether oxygens (including phenoxy) is 1. The van der Waals surface area contributed by atoms with E-state index in [1.165, 1.54) is 13.2 Å². The molecular formula is C16H16INO3. The number of carbonyl (C=O) groups excluding carboxylic acids is 1. The maximum atomic E-state index is 11.9. The van der Waals surface area contributed by atoms with Crippen molar-refractivity contribution in [3.8, 4) is 11.5 Å². The molecule has 0 unspecified atom stereocenters. The molecular weight excluding hydrogens is 381 g/mol. The van der Waals surface area contributed by atoms with Gasteiger partial charge in [0.2, 0.25) is 5.91 Å². The lowest BCUT2D eigenvalue weighted by molar-refractivity contribution is -0.120. The maximum absolute atomic E-state index is 11.9. The third-order valence-corrected chi connectivity index (χ3v) is 3.66. The fraction of sp³-hybridized carbons (Fsp3) is 0.188. The third kappa shape index (κ3) is 4.63. The predicted octanol–water partition coefficient (Wildman–Crippen LogP) is 2.86. The van der Waals surface area contributed by atoms with Crippen molar-refractivity contribution in [2.45, 2.75) is 13.0 Å². The Balaban J connectivity index is 1.93. The van der Waals surface area contributed by atoms with Gasteiger partial charge >= 0.3 is 0 Å². The van der Waals surface area contributed by atoms with Crippen LogP contribution in [0, 0.1) is 3.57 Å². The number of hydrogen-bond acceptors (Lipinski definition) is 3. The average molecular weight is 397 g/mol. The molecule has 0 aliphatic heterocycles. The lowest BCUT2D eigenvalue weighted by Crippen LogP contribution is -2.24. The highest BCUT2D eigenvalue weighted by atomic mass is 127. The number of aromatic hydroxyl groups is 1. The summed E-state index contributed by atoms with van der Waals surface area (Å²) < 4.78 is 6.17. The van der Waals surface area contributed by atoms with Gasteiger partial charge in [-0.15, -0.1) is 0 Å². The number of nitrogens with one attached hydrogen (secondary N) is 1. The van der Waals surface area contributed by atoms with E-state index in [4.69, 9.17) is 4.74 Å². The largest absolute Gasteiger partial charge is 0.504 e. The molecule has 0 spiro atoms. The van der Waals surface area contributed by atoms with E-state index in [2.05, 4.69) is 27.9 Å². The molecule has 21 heavy (non-hydrogen) atoms. The van der Waals surface area contributed by atoms with Crippen LogP contribution in [0.2, 0.25) is 0 Å². The fourth-order valence-electron chi connectivity index (χ4n) is 1.93. The highest BCUT2D eigenvalue weighted by Gasteiger charge is 2.07. The molecule has 0 aliphatic carbocycles. The predicted molar refractivity (Wildman–Crippen MR) is 89.4 cm³/mol. The number of carbonyl (C=O) groups is 1. The van der Waals surface area contributed by atoms with Crippen LogP contribution >= 0.6 is 22.6 Å². The number of phenolic OH excluding ortho intramolecular Hbond substituents is 1. The summed E-state index contributed by atoms with van der Waals surface area (Å²) in [6.07, 6.45) is 0.251. The van der Waals surface area contributed by atoms with Gasteiger partial charge in [-0.1, -0.05) is 18.2 Å². The van der Waals surface area contributed by atoms with Gasteiger partial charge in [-0.2, -0.15) is 0 Å². The number of hydrogen-bond donors (Lipinski definition) is 2. The van der Waals surface area contributed by atoms with Crippen molar-refractivity contribution < 1.29 is 14.6 Å². The molecule has 0 fully saturated rings. The monoisotopic (exact) mass is 397 g/mol. The van der Waals surface area contributed by atoms with Crippen molar-refractivity contribution in [1.82, 2.24) is 5.32 Å². The maximum Gasteiger partial charge on any atom is 0.224 e. The zero-order valence-electron chi connectivity index (χ0n) is 11.6. The van der Waals surface area contributed by atoms with Gasteiger partial charge in [0.25, 0.3) is 0 Å². The zero-order chi connectivity index (χ0) is 15.2. The molecule has 4 nitrogen and oxygen atoms in total. The second-order valence-electron chi connectivity index (χ2n) is 4.59. The summed E-state index contributed by atoms with van der Waals surface area (Å²) >= 11 is 2.24. The van der Waals surface area contributed by atoms with Crippen molar-refractivity contribution in [3.63, 3.8) is 0 Å². The standard InChI is InChI=1S/C16H16INO3/c1-21-15-8-11(5-6-14(15)19)9-16(20)18-10-12-3-2-4-13(17)7-12/h2-8,19H,9-10H2,1H3,(H,18,20). The van der Waals surface area contributed by atoms with E-state index in [1.54, 1.807) is 12.1 Å². The molecule has 0 saturated heterocycles. The van der Waals surface area contributed by atoms with Gasteiger partial charge < -0.3 is 15.2 Å². The molecule has 0 atom stereocenters. The topological polar surface area (TPSA) is 58.6 Å². The van der Waals surface area contributed by atoms with E-state index in [1.807, 2.05) is 24.3 Å². The summed E-state index contributed by atoms with van der Waals surface area (Å²) in [5.41, 5.74) is 1.86. The highest BCUT2D eigenvalue weighted by Crippen LogP contribution is 2.26. The summed E-state index contributed by atoms with van der Waals surface area (Å²) in [7, 11) is 1.48. The minimum atomic E-state index is -0.0680. The fourth-order valence-corrected chi connectivity index (χ4v) is 2.54. The van der Waals surface area contributed by atoms with E-state index in [0.717, 1.165) is 14.7 Å². The summed E-state index contributed by atoms with van der Waals surface area (Å²) in [5.74, 6) is 0.375. The van der Waals surface area contributed by atoms with Crippen LogP contribution in [0.1, 0.15) is 11.1 Å². The molecule has 2 rings (SSSR count). The zero-order valence-corrected chi connectivity index (χ0v) is 13.8. The molecule has 0 saturated carbocycles. The Bertz CT molecular complexity index is 643. The van der Waals surface area contributed by atoms with E-state index in [-0.39, 0.29) is 18.1 Å². The molecule has 2 aromatic carbocycles. The van der Waals surface area contributed by atoms with Gasteiger partial charge in [0.15, 0.2) is 11.5 Å². The lowest BCUT2D eigenvalue weighted by Gasteiger charge is -2.08. The number of benzene rings is 2. The normalized spacial score (nSPS) is 10.2. The second kappa shape index (κ2) is 7.31. The molecule has 0 aromatic heterocycles. The van der Waals surface area contributed by atoms with Crippen LogP contribution in [0.4, 0.5) is 0 Å². The lowest BCUT2D eigenvalue weighted by atomic mass is 10.1. The Labute approximate surface area is 137 Å². The first-order valence-electron chi connectivity index (χ1n) is 6.45. The molecule has 0 bridgehead atoms. The minimum absolute atomic E-state index is 0.0680. The van der Waals surface area contributed by atoms with Gasteiger partial charge in [0.05, 0.1) is 13.5 Å². The summed E-state index contributed by atoms with van der Waals surface area (Å²) in [4.78, 5) is 11.9. The number of halogens is 1. The van der Waals surface area contributed by atoms with Gasteiger partial charge in [-0.05, 0) is 58.0 Å². The summed E-state index contributed by atoms with van der Waals surface area (Å²) in [6.45, 7) is 0.505. The molecule has 2 aromatic rings. The SMILES string of the molecule is COc1cc(CC(=O)NCc2cccc(I)c2)ccc1O. The molecule has 0 aliphatic rings. The van der Waals surface area contributed by atoms with Gasteiger partial charge in [-0.25, -0.2) is 0 Å². The van der Waals surface area contributed by atoms with Gasteiger partial charge in [0, 0.05) is 10.1 Å². The minimum Gasteiger partial charge on any atom is -0.504 e. The molecule has 110 valence electrons. The van der Waals surface area contributed by atoms with Crippen LogP contribution < -0.4 is 10.1 Å². The van der Waals surface area contributed by atoms with E-state index in [9.17, 15) is 9.90 Å². The molecule has 5 heteroatoms. The number of amides is 1. The Hall–Kier alpha value is -1.76. The van der Waals surface area contributed by atoms with Crippen molar-refractivity contribution >= 4 is 28.5 Å². The molecule has 0 radical (unpaired) electrons.